The minimum Gasteiger partial charge on any atom is -0.356 e. The van der Waals surface area contributed by atoms with Crippen LogP contribution in [0, 0.1) is 0 Å². The average molecular weight is 651 g/mol. The summed E-state index contributed by atoms with van der Waals surface area (Å²) in [5.74, 6) is 0. The first kappa shape index (κ1) is 29.3. The van der Waals surface area contributed by atoms with Crippen molar-refractivity contribution < 1.29 is 0 Å². The van der Waals surface area contributed by atoms with Gasteiger partial charge in [0.1, 0.15) is 0 Å². The molecule has 1 atom stereocenters. The summed E-state index contributed by atoms with van der Waals surface area (Å²) in [7, 11) is 0. The molecule has 0 fully saturated rings. The Morgan fingerprint density at radius 2 is 0.843 bits per heavy atom. The summed E-state index contributed by atoms with van der Waals surface area (Å²) in [5.41, 5.74) is 18.1. The Balaban J connectivity index is 1.15. The summed E-state index contributed by atoms with van der Waals surface area (Å²) in [6.45, 7) is 0. The van der Waals surface area contributed by atoms with Crippen molar-refractivity contribution in [3.8, 4) is 33.4 Å². The average Bonchev–Trinajstić information content (AvgIpc) is 3.67. The monoisotopic (exact) mass is 650 g/mol. The second kappa shape index (κ2) is 11.8. The molecule has 10 rings (SSSR count). The summed E-state index contributed by atoms with van der Waals surface area (Å²) in [6, 6.07) is 72.6. The highest BCUT2D eigenvalue weighted by Crippen LogP contribution is 2.64. The second-order valence-electron chi connectivity index (χ2n) is 13.4. The number of rotatable bonds is 6. The van der Waals surface area contributed by atoms with E-state index in [2.05, 4.69) is 210 Å². The largest absolute Gasteiger partial charge is 0.356 e. The van der Waals surface area contributed by atoms with Crippen molar-refractivity contribution in [3.05, 3.63) is 222 Å². The molecule has 0 radical (unpaired) electrons. The number of benzene rings is 8. The predicted octanol–water partition coefficient (Wildman–Crippen LogP) is 12.9. The summed E-state index contributed by atoms with van der Waals surface area (Å²) in [4.78, 5) is 2.32. The van der Waals surface area contributed by atoms with E-state index in [1.807, 2.05) is 0 Å². The minimum atomic E-state index is -0.431. The third-order valence-corrected chi connectivity index (χ3v) is 10.6. The first-order chi connectivity index (χ1) is 25.3. The lowest BCUT2D eigenvalue weighted by molar-refractivity contribution is 0.794. The molecule has 0 saturated heterocycles. The molecule has 2 nitrogen and oxygen atoms in total. The molecule has 0 saturated carbocycles. The van der Waals surface area contributed by atoms with E-state index in [0.29, 0.717) is 0 Å². The number of para-hydroxylation sites is 3. The van der Waals surface area contributed by atoms with Crippen LogP contribution in [0.3, 0.4) is 0 Å². The van der Waals surface area contributed by atoms with Gasteiger partial charge in [0.15, 0.2) is 0 Å². The molecule has 0 bridgehead atoms. The second-order valence-corrected chi connectivity index (χ2v) is 13.4. The summed E-state index contributed by atoms with van der Waals surface area (Å²) < 4.78 is 0. The van der Waals surface area contributed by atoms with Gasteiger partial charge in [0.25, 0.3) is 0 Å². The van der Waals surface area contributed by atoms with Crippen LogP contribution in [-0.4, -0.2) is 0 Å². The van der Waals surface area contributed by atoms with Gasteiger partial charge in [-0.1, -0.05) is 140 Å². The lowest BCUT2D eigenvalue weighted by atomic mass is 9.70. The molecule has 2 aliphatic rings. The van der Waals surface area contributed by atoms with Gasteiger partial charge in [0.2, 0.25) is 0 Å². The summed E-state index contributed by atoms with van der Waals surface area (Å²) >= 11 is 0. The molecular formula is C49H34N2. The maximum absolute atomic E-state index is 3.69. The zero-order valence-electron chi connectivity index (χ0n) is 28.0. The molecule has 1 N–H and O–H groups in total. The highest BCUT2D eigenvalue weighted by atomic mass is 15.1. The Morgan fingerprint density at radius 3 is 1.53 bits per heavy atom. The van der Waals surface area contributed by atoms with Crippen molar-refractivity contribution in [2.24, 2.45) is 0 Å². The van der Waals surface area contributed by atoms with Gasteiger partial charge in [-0.15, -0.1) is 0 Å². The molecule has 0 aliphatic heterocycles. The summed E-state index contributed by atoms with van der Waals surface area (Å²) in [5, 5.41) is 3.69. The Morgan fingerprint density at radius 1 is 0.333 bits per heavy atom. The highest BCUT2D eigenvalue weighted by molar-refractivity contribution is 6.00. The van der Waals surface area contributed by atoms with Crippen molar-refractivity contribution in [2.45, 2.75) is 5.41 Å². The van der Waals surface area contributed by atoms with Crippen LogP contribution in [0.1, 0.15) is 22.3 Å². The number of hydrogen-bond acceptors (Lipinski definition) is 2. The maximum Gasteiger partial charge on any atom is 0.0726 e. The first-order valence-electron chi connectivity index (χ1n) is 17.6. The van der Waals surface area contributed by atoms with Crippen LogP contribution in [0.2, 0.25) is 0 Å². The maximum atomic E-state index is 3.69. The van der Waals surface area contributed by atoms with Gasteiger partial charge in [0, 0.05) is 28.4 Å². The molecule has 1 spiro atoms. The molecule has 1 unspecified atom stereocenters. The van der Waals surface area contributed by atoms with E-state index < -0.39 is 5.41 Å². The Bertz CT molecular complexity index is 2500. The van der Waals surface area contributed by atoms with Crippen molar-refractivity contribution in [1.29, 1.82) is 0 Å². The SMILES string of the molecule is c1ccc(Nc2ccc3c(c2)C2(c4ccccc4-3)c3ccccc3-c3c(-c4ccc(N(c5ccccc5)c5ccccc5)cc4)cccc32)cc1. The lowest BCUT2D eigenvalue weighted by Crippen LogP contribution is -2.26. The van der Waals surface area contributed by atoms with Gasteiger partial charge in [-0.2, -0.15) is 0 Å². The number of hydrogen-bond donors (Lipinski definition) is 1. The van der Waals surface area contributed by atoms with E-state index in [4.69, 9.17) is 0 Å². The van der Waals surface area contributed by atoms with Gasteiger partial charge in [-0.25, -0.2) is 0 Å². The topological polar surface area (TPSA) is 15.3 Å². The highest BCUT2D eigenvalue weighted by Gasteiger charge is 2.52. The van der Waals surface area contributed by atoms with Gasteiger partial charge in [0.05, 0.1) is 5.41 Å². The molecular weight excluding hydrogens is 617 g/mol. The van der Waals surface area contributed by atoms with E-state index in [0.717, 1.165) is 28.4 Å². The standard InChI is InChI=1S/C49H34N2/c1-4-15-35(16-5-1)50-36-29-32-42-41-21-10-12-24-44(41)49(47(42)33-36)45-25-13-11-22-43(45)48-40(23-14-26-46(48)49)34-27-30-39(31-28-34)51(37-17-6-2-7-18-37)38-19-8-3-9-20-38/h1-33,50H. The van der Waals surface area contributed by atoms with Crippen LogP contribution in [0.15, 0.2) is 200 Å². The number of anilines is 5. The Labute approximate surface area is 298 Å². The zero-order chi connectivity index (χ0) is 33.8. The number of nitrogens with one attached hydrogen (secondary N) is 1. The van der Waals surface area contributed by atoms with E-state index in [1.54, 1.807) is 0 Å². The van der Waals surface area contributed by atoms with Crippen LogP contribution in [0.5, 0.6) is 0 Å². The lowest BCUT2D eigenvalue weighted by Gasteiger charge is -2.31. The van der Waals surface area contributed by atoms with Crippen molar-refractivity contribution >= 4 is 28.4 Å². The molecule has 240 valence electrons. The zero-order valence-corrected chi connectivity index (χ0v) is 28.0. The van der Waals surface area contributed by atoms with Crippen LogP contribution in [0.4, 0.5) is 28.4 Å². The quantitative estimate of drug-likeness (QED) is 0.193. The van der Waals surface area contributed by atoms with Crippen molar-refractivity contribution in [1.82, 2.24) is 0 Å². The molecule has 8 aromatic carbocycles. The third kappa shape index (κ3) is 4.50. The van der Waals surface area contributed by atoms with Crippen molar-refractivity contribution in [2.75, 3.05) is 10.2 Å². The predicted molar refractivity (Wildman–Crippen MR) is 213 cm³/mol. The smallest absolute Gasteiger partial charge is 0.0726 e. The fourth-order valence-electron chi connectivity index (χ4n) is 8.59. The number of nitrogens with zero attached hydrogens (tertiary/aromatic N) is 1. The van der Waals surface area contributed by atoms with E-state index in [1.165, 1.54) is 55.6 Å². The fraction of sp³-hybridized carbons (Fsp3) is 0.0204. The van der Waals surface area contributed by atoms with E-state index in [-0.39, 0.29) is 0 Å². The molecule has 2 heteroatoms. The van der Waals surface area contributed by atoms with Crippen molar-refractivity contribution in [3.63, 3.8) is 0 Å². The van der Waals surface area contributed by atoms with Gasteiger partial charge in [-0.05, 0) is 116 Å². The third-order valence-electron chi connectivity index (χ3n) is 10.6. The van der Waals surface area contributed by atoms with E-state index in [9.17, 15) is 0 Å². The molecule has 8 aromatic rings. The minimum absolute atomic E-state index is 0.431. The van der Waals surface area contributed by atoms with Crippen LogP contribution in [-0.2, 0) is 5.41 Å². The van der Waals surface area contributed by atoms with E-state index >= 15 is 0 Å². The number of fused-ring (bicyclic) bond motifs is 10. The molecule has 2 aliphatic carbocycles. The van der Waals surface area contributed by atoms with Gasteiger partial charge < -0.3 is 10.2 Å². The molecule has 0 amide bonds. The molecule has 51 heavy (non-hydrogen) atoms. The first-order valence-corrected chi connectivity index (χ1v) is 17.6. The van der Waals surface area contributed by atoms with Crippen LogP contribution >= 0.6 is 0 Å². The van der Waals surface area contributed by atoms with Gasteiger partial charge >= 0.3 is 0 Å². The fourth-order valence-corrected chi connectivity index (χ4v) is 8.59. The Hall–Kier alpha value is -6.64. The van der Waals surface area contributed by atoms with Gasteiger partial charge in [-0.3, -0.25) is 0 Å². The normalized spacial score (nSPS) is 14.7. The van der Waals surface area contributed by atoms with Crippen LogP contribution < -0.4 is 10.2 Å². The molecule has 0 heterocycles. The Kier molecular flexibility index (Phi) is 6.75. The summed E-state index contributed by atoms with van der Waals surface area (Å²) in [6.07, 6.45) is 0. The molecule has 0 aromatic heterocycles. The van der Waals surface area contributed by atoms with Crippen LogP contribution in [0.25, 0.3) is 33.4 Å².